The molecule has 58 valence electrons. The molecular formula is C7H6INO2. The molecule has 0 aromatic heterocycles. The number of benzene rings is 1. The van der Waals surface area contributed by atoms with Gasteiger partial charge in [0.2, 0.25) is 0 Å². The van der Waals surface area contributed by atoms with E-state index in [4.69, 9.17) is 9.84 Å². The molecule has 0 aliphatic carbocycles. The third-order valence-electron chi connectivity index (χ3n) is 1.46. The predicted octanol–water partition coefficient (Wildman–Crippen LogP) is 1.37. The number of aliphatic hydroxyl groups is 1. The van der Waals surface area contributed by atoms with Gasteiger partial charge in [0.15, 0.2) is 0 Å². The average Bonchev–Trinajstić information content (AvgIpc) is 2.27. The molecule has 1 aromatic carbocycles. The lowest BCUT2D eigenvalue weighted by Gasteiger charge is -1.99. The van der Waals surface area contributed by atoms with E-state index in [-0.39, 0.29) is 0 Å². The molecule has 1 unspecified atom stereocenters. The maximum atomic E-state index is 9.01. The molecular weight excluding hydrogens is 257 g/mol. The Bertz CT molecular complexity index is 290. The minimum atomic E-state index is -0.886. The van der Waals surface area contributed by atoms with Crippen molar-refractivity contribution in [1.82, 2.24) is 0 Å². The van der Waals surface area contributed by atoms with E-state index in [1.807, 2.05) is 18.2 Å². The largest absolute Gasteiger partial charge is 0.445 e. The summed E-state index contributed by atoms with van der Waals surface area (Å²) in [5, 5.41) is 11.8. The Morgan fingerprint density at radius 3 is 3.18 bits per heavy atom. The molecule has 0 saturated heterocycles. The van der Waals surface area contributed by atoms with Crippen LogP contribution in [-0.2, 0) is 0 Å². The summed E-state index contributed by atoms with van der Waals surface area (Å²) < 4.78 is 6.12. The second-order valence-corrected chi connectivity index (χ2v) is 3.50. The number of hydrogen-bond donors (Lipinski definition) is 2. The van der Waals surface area contributed by atoms with Crippen LogP contribution in [0.3, 0.4) is 0 Å². The number of ether oxygens (including phenoxy) is 1. The van der Waals surface area contributed by atoms with Crippen LogP contribution >= 0.6 is 22.6 Å². The van der Waals surface area contributed by atoms with Crippen molar-refractivity contribution in [2.24, 2.45) is 0 Å². The molecule has 0 bridgehead atoms. The number of aliphatic hydroxyl groups excluding tert-OH is 1. The van der Waals surface area contributed by atoms with Gasteiger partial charge < -0.3 is 15.2 Å². The Hall–Kier alpha value is -0.490. The van der Waals surface area contributed by atoms with Gasteiger partial charge in [0.05, 0.1) is 5.69 Å². The van der Waals surface area contributed by atoms with Gasteiger partial charge >= 0.3 is 0 Å². The van der Waals surface area contributed by atoms with Gasteiger partial charge in [-0.05, 0) is 40.8 Å². The molecule has 1 atom stereocenters. The Balaban J connectivity index is 2.43. The topological polar surface area (TPSA) is 41.5 Å². The fraction of sp³-hybridized carbons (Fsp3) is 0.143. The molecule has 4 heteroatoms. The minimum absolute atomic E-state index is 0.712. The van der Waals surface area contributed by atoms with E-state index in [2.05, 4.69) is 27.9 Å². The quantitative estimate of drug-likeness (QED) is 0.694. The number of anilines is 1. The highest BCUT2D eigenvalue weighted by atomic mass is 127. The van der Waals surface area contributed by atoms with Gasteiger partial charge in [-0.2, -0.15) is 0 Å². The zero-order valence-electron chi connectivity index (χ0n) is 5.54. The summed E-state index contributed by atoms with van der Waals surface area (Å²) in [4.78, 5) is 0. The molecule has 2 rings (SSSR count). The Morgan fingerprint density at radius 1 is 1.55 bits per heavy atom. The maximum absolute atomic E-state index is 9.01. The summed E-state index contributed by atoms with van der Waals surface area (Å²) in [6, 6.07) is 5.71. The van der Waals surface area contributed by atoms with Crippen molar-refractivity contribution in [2.75, 3.05) is 5.32 Å². The van der Waals surface area contributed by atoms with E-state index in [9.17, 15) is 0 Å². The number of hydrogen-bond acceptors (Lipinski definition) is 3. The average molecular weight is 263 g/mol. The van der Waals surface area contributed by atoms with Crippen molar-refractivity contribution >= 4 is 28.3 Å². The lowest BCUT2D eigenvalue weighted by atomic mass is 10.3. The molecule has 0 spiro atoms. The van der Waals surface area contributed by atoms with Crippen molar-refractivity contribution in [3.8, 4) is 5.75 Å². The summed E-state index contributed by atoms with van der Waals surface area (Å²) in [5.74, 6) is 0.712. The second kappa shape index (κ2) is 2.53. The van der Waals surface area contributed by atoms with Crippen LogP contribution in [0, 0.1) is 3.57 Å². The van der Waals surface area contributed by atoms with Gasteiger partial charge in [-0.3, -0.25) is 0 Å². The first-order chi connectivity index (χ1) is 5.25. The van der Waals surface area contributed by atoms with E-state index < -0.39 is 6.41 Å². The molecule has 1 aliphatic rings. The Kier molecular flexibility index (Phi) is 1.65. The first-order valence-corrected chi connectivity index (χ1v) is 4.24. The van der Waals surface area contributed by atoms with E-state index in [0.29, 0.717) is 5.75 Å². The van der Waals surface area contributed by atoms with E-state index in [1.165, 1.54) is 0 Å². The SMILES string of the molecule is OC1Nc2ccc(I)cc2O1. The first-order valence-electron chi connectivity index (χ1n) is 3.16. The smallest absolute Gasteiger partial charge is 0.279 e. The summed E-state index contributed by atoms with van der Waals surface area (Å²) >= 11 is 2.19. The van der Waals surface area contributed by atoms with Crippen LogP contribution in [0.1, 0.15) is 0 Å². The summed E-state index contributed by atoms with van der Waals surface area (Å²) in [7, 11) is 0. The van der Waals surface area contributed by atoms with Crippen LogP contribution < -0.4 is 10.1 Å². The van der Waals surface area contributed by atoms with Crippen molar-refractivity contribution in [2.45, 2.75) is 6.41 Å². The van der Waals surface area contributed by atoms with Crippen molar-refractivity contribution in [3.05, 3.63) is 21.8 Å². The van der Waals surface area contributed by atoms with Gasteiger partial charge in [-0.1, -0.05) is 0 Å². The monoisotopic (exact) mass is 263 g/mol. The highest BCUT2D eigenvalue weighted by Gasteiger charge is 2.18. The number of rotatable bonds is 0. The van der Waals surface area contributed by atoms with Gasteiger partial charge in [-0.15, -0.1) is 0 Å². The fourth-order valence-corrected chi connectivity index (χ4v) is 1.46. The third-order valence-corrected chi connectivity index (χ3v) is 2.13. The standard InChI is InChI=1S/C7H6INO2/c8-4-1-2-5-6(3-4)11-7(10)9-5/h1-3,7,9-10H. The number of fused-ring (bicyclic) bond motifs is 1. The normalized spacial score (nSPS) is 20.4. The van der Waals surface area contributed by atoms with Gasteiger partial charge in [-0.25, -0.2) is 0 Å². The molecule has 0 radical (unpaired) electrons. The highest BCUT2D eigenvalue weighted by molar-refractivity contribution is 14.1. The zero-order valence-corrected chi connectivity index (χ0v) is 7.70. The summed E-state index contributed by atoms with van der Waals surface area (Å²) in [6.07, 6.45) is -0.886. The molecule has 0 fully saturated rings. The number of halogens is 1. The van der Waals surface area contributed by atoms with Gasteiger partial charge in [0.1, 0.15) is 5.75 Å². The molecule has 1 aromatic rings. The molecule has 0 amide bonds. The van der Waals surface area contributed by atoms with Crippen LogP contribution in [0.25, 0.3) is 0 Å². The van der Waals surface area contributed by atoms with Crippen molar-refractivity contribution in [3.63, 3.8) is 0 Å². The van der Waals surface area contributed by atoms with Crippen LogP contribution in [0.4, 0.5) is 5.69 Å². The van der Waals surface area contributed by atoms with Crippen LogP contribution in [0.5, 0.6) is 5.75 Å². The zero-order chi connectivity index (χ0) is 7.84. The maximum Gasteiger partial charge on any atom is 0.279 e. The third kappa shape index (κ3) is 1.28. The van der Waals surface area contributed by atoms with Crippen LogP contribution in [-0.4, -0.2) is 11.5 Å². The molecule has 1 aliphatic heterocycles. The lowest BCUT2D eigenvalue weighted by Crippen LogP contribution is -2.17. The van der Waals surface area contributed by atoms with Gasteiger partial charge in [0, 0.05) is 3.57 Å². The molecule has 1 heterocycles. The Labute approximate surface area is 77.5 Å². The lowest BCUT2D eigenvalue weighted by molar-refractivity contribution is 0.0211. The molecule has 11 heavy (non-hydrogen) atoms. The van der Waals surface area contributed by atoms with Gasteiger partial charge in [0.25, 0.3) is 6.41 Å². The molecule has 0 saturated carbocycles. The number of nitrogens with one attached hydrogen (secondary N) is 1. The summed E-state index contributed by atoms with van der Waals surface area (Å²) in [6.45, 7) is 0. The van der Waals surface area contributed by atoms with E-state index >= 15 is 0 Å². The Morgan fingerprint density at radius 2 is 2.36 bits per heavy atom. The van der Waals surface area contributed by atoms with E-state index in [0.717, 1.165) is 9.26 Å². The molecule has 2 N–H and O–H groups in total. The predicted molar refractivity (Wildman–Crippen MR) is 49.4 cm³/mol. The van der Waals surface area contributed by atoms with Crippen molar-refractivity contribution in [1.29, 1.82) is 0 Å². The fourth-order valence-electron chi connectivity index (χ4n) is 0.996. The minimum Gasteiger partial charge on any atom is -0.445 e. The van der Waals surface area contributed by atoms with Crippen LogP contribution in [0.2, 0.25) is 0 Å². The first kappa shape index (κ1) is 7.17. The summed E-state index contributed by atoms with van der Waals surface area (Å²) in [5.41, 5.74) is 0.845. The van der Waals surface area contributed by atoms with Crippen molar-refractivity contribution < 1.29 is 9.84 Å². The van der Waals surface area contributed by atoms with E-state index in [1.54, 1.807) is 0 Å². The highest BCUT2D eigenvalue weighted by Crippen LogP contribution is 2.31. The van der Waals surface area contributed by atoms with Crippen LogP contribution in [0.15, 0.2) is 18.2 Å². The molecule has 3 nitrogen and oxygen atoms in total. The second-order valence-electron chi connectivity index (χ2n) is 2.26.